The predicted octanol–water partition coefficient (Wildman–Crippen LogP) is 2.24. The van der Waals surface area contributed by atoms with Gasteiger partial charge in [0.2, 0.25) is 0 Å². The fourth-order valence-corrected chi connectivity index (χ4v) is 1.98. The van der Waals surface area contributed by atoms with Crippen LogP contribution in [0.3, 0.4) is 0 Å². The third-order valence-corrected chi connectivity index (χ3v) is 2.94. The molecule has 0 aliphatic carbocycles. The summed E-state index contributed by atoms with van der Waals surface area (Å²) < 4.78 is 0. The normalized spacial score (nSPS) is 14.9. The molecule has 0 fully saturated rings. The summed E-state index contributed by atoms with van der Waals surface area (Å²) >= 11 is 0. The van der Waals surface area contributed by atoms with E-state index in [2.05, 4.69) is 43.4 Å². The Morgan fingerprint density at radius 1 is 1.27 bits per heavy atom. The predicted molar refractivity (Wildman–Crippen MR) is 65.8 cm³/mol. The van der Waals surface area contributed by atoms with E-state index in [1.807, 2.05) is 7.05 Å². The zero-order chi connectivity index (χ0) is 11.3. The quantitative estimate of drug-likeness (QED) is 0.775. The Labute approximate surface area is 92.9 Å². The summed E-state index contributed by atoms with van der Waals surface area (Å²) in [7, 11) is 2.01. The lowest BCUT2D eigenvalue weighted by atomic mass is 9.91. The standard InChI is InChI=1S/C13H22N2/c1-10-4-6-12(7-5-10)13(15-3)11(2)8-9-14/h4-7,11,13,15H,8-9,14H2,1-3H3. The van der Waals surface area contributed by atoms with Crippen LogP contribution >= 0.6 is 0 Å². The van der Waals surface area contributed by atoms with E-state index in [9.17, 15) is 0 Å². The van der Waals surface area contributed by atoms with Crippen LogP contribution in [0, 0.1) is 12.8 Å². The largest absolute Gasteiger partial charge is 0.330 e. The van der Waals surface area contributed by atoms with Crippen molar-refractivity contribution < 1.29 is 0 Å². The molecule has 2 atom stereocenters. The fraction of sp³-hybridized carbons (Fsp3) is 0.538. The number of benzene rings is 1. The van der Waals surface area contributed by atoms with Gasteiger partial charge in [-0.15, -0.1) is 0 Å². The summed E-state index contributed by atoms with van der Waals surface area (Å²) in [4.78, 5) is 0. The topological polar surface area (TPSA) is 38.0 Å². The first-order valence-electron chi connectivity index (χ1n) is 5.63. The highest BCUT2D eigenvalue weighted by Gasteiger charge is 2.16. The number of nitrogens with two attached hydrogens (primary N) is 1. The number of rotatable bonds is 5. The van der Waals surface area contributed by atoms with Crippen LogP contribution in [0.25, 0.3) is 0 Å². The minimum atomic E-state index is 0.411. The fourth-order valence-electron chi connectivity index (χ4n) is 1.98. The molecule has 3 N–H and O–H groups in total. The molecule has 0 saturated heterocycles. The molecular weight excluding hydrogens is 184 g/mol. The van der Waals surface area contributed by atoms with Gasteiger partial charge in [-0.3, -0.25) is 0 Å². The van der Waals surface area contributed by atoms with Gasteiger partial charge >= 0.3 is 0 Å². The van der Waals surface area contributed by atoms with E-state index in [1.165, 1.54) is 11.1 Å². The Balaban J connectivity index is 2.77. The second kappa shape index (κ2) is 5.89. The summed E-state index contributed by atoms with van der Waals surface area (Å²) in [6.07, 6.45) is 1.05. The summed E-state index contributed by atoms with van der Waals surface area (Å²) in [6, 6.07) is 9.13. The molecule has 1 aromatic carbocycles. The number of nitrogens with one attached hydrogen (secondary N) is 1. The minimum absolute atomic E-state index is 0.411. The van der Waals surface area contributed by atoms with Crippen LogP contribution < -0.4 is 11.1 Å². The second-order valence-corrected chi connectivity index (χ2v) is 4.23. The van der Waals surface area contributed by atoms with Crippen LogP contribution in [-0.4, -0.2) is 13.6 Å². The lowest BCUT2D eigenvalue weighted by molar-refractivity contribution is 0.392. The van der Waals surface area contributed by atoms with Gasteiger partial charge < -0.3 is 11.1 Å². The molecule has 2 unspecified atom stereocenters. The highest BCUT2D eigenvalue weighted by Crippen LogP contribution is 2.23. The molecule has 0 heterocycles. The van der Waals surface area contributed by atoms with E-state index in [0.717, 1.165) is 13.0 Å². The highest BCUT2D eigenvalue weighted by molar-refractivity contribution is 5.24. The van der Waals surface area contributed by atoms with Crippen molar-refractivity contribution in [3.05, 3.63) is 35.4 Å². The molecule has 2 nitrogen and oxygen atoms in total. The van der Waals surface area contributed by atoms with Crippen LogP contribution in [0.4, 0.5) is 0 Å². The van der Waals surface area contributed by atoms with Gasteiger partial charge in [0.25, 0.3) is 0 Å². The van der Waals surface area contributed by atoms with Gasteiger partial charge in [-0.05, 0) is 38.4 Å². The molecule has 15 heavy (non-hydrogen) atoms. The Morgan fingerprint density at radius 3 is 2.33 bits per heavy atom. The Kier molecular flexibility index (Phi) is 4.79. The molecule has 2 heteroatoms. The summed E-state index contributed by atoms with van der Waals surface area (Å²) in [6.45, 7) is 5.11. The Morgan fingerprint density at radius 2 is 1.87 bits per heavy atom. The molecule has 0 aromatic heterocycles. The smallest absolute Gasteiger partial charge is 0.0343 e. The van der Waals surface area contributed by atoms with Crippen LogP contribution in [0.15, 0.2) is 24.3 Å². The Hall–Kier alpha value is -0.860. The van der Waals surface area contributed by atoms with Crippen molar-refractivity contribution in [2.75, 3.05) is 13.6 Å². The van der Waals surface area contributed by atoms with Gasteiger partial charge in [-0.2, -0.15) is 0 Å². The first-order chi connectivity index (χ1) is 7.19. The first kappa shape index (κ1) is 12.2. The molecule has 0 amide bonds. The molecule has 0 spiro atoms. The molecule has 1 aromatic rings. The zero-order valence-electron chi connectivity index (χ0n) is 9.96. The number of aryl methyl sites for hydroxylation is 1. The molecule has 1 rings (SSSR count). The van der Waals surface area contributed by atoms with E-state index in [-0.39, 0.29) is 0 Å². The number of hydrogen-bond donors (Lipinski definition) is 2. The summed E-state index contributed by atoms with van der Waals surface area (Å²) in [5.74, 6) is 0.572. The summed E-state index contributed by atoms with van der Waals surface area (Å²) in [5, 5.41) is 3.37. The zero-order valence-corrected chi connectivity index (χ0v) is 9.96. The molecule has 0 aliphatic heterocycles. The third-order valence-electron chi connectivity index (χ3n) is 2.94. The average Bonchev–Trinajstić information content (AvgIpc) is 2.22. The average molecular weight is 206 g/mol. The molecular formula is C13H22N2. The lowest BCUT2D eigenvalue weighted by Crippen LogP contribution is -2.25. The van der Waals surface area contributed by atoms with Crippen LogP contribution in [0.5, 0.6) is 0 Å². The van der Waals surface area contributed by atoms with Crippen LogP contribution in [-0.2, 0) is 0 Å². The van der Waals surface area contributed by atoms with Crippen molar-refractivity contribution in [1.82, 2.24) is 5.32 Å². The van der Waals surface area contributed by atoms with Crippen molar-refractivity contribution in [2.45, 2.75) is 26.3 Å². The molecule has 0 saturated carbocycles. The minimum Gasteiger partial charge on any atom is -0.330 e. The van der Waals surface area contributed by atoms with Crippen molar-refractivity contribution in [2.24, 2.45) is 11.7 Å². The number of hydrogen-bond acceptors (Lipinski definition) is 2. The molecule has 84 valence electrons. The van der Waals surface area contributed by atoms with Crippen LogP contribution in [0.2, 0.25) is 0 Å². The lowest BCUT2D eigenvalue weighted by Gasteiger charge is -2.23. The van der Waals surface area contributed by atoms with E-state index in [4.69, 9.17) is 5.73 Å². The van der Waals surface area contributed by atoms with Crippen molar-refractivity contribution in [3.63, 3.8) is 0 Å². The monoisotopic (exact) mass is 206 g/mol. The summed E-state index contributed by atoms with van der Waals surface area (Å²) in [5.41, 5.74) is 8.25. The van der Waals surface area contributed by atoms with Gasteiger partial charge in [0.15, 0.2) is 0 Å². The van der Waals surface area contributed by atoms with E-state index >= 15 is 0 Å². The van der Waals surface area contributed by atoms with E-state index in [1.54, 1.807) is 0 Å². The Bertz CT molecular complexity index is 279. The maximum Gasteiger partial charge on any atom is 0.0343 e. The van der Waals surface area contributed by atoms with Crippen LogP contribution in [0.1, 0.15) is 30.5 Å². The van der Waals surface area contributed by atoms with Gasteiger partial charge in [0.05, 0.1) is 0 Å². The van der Waals surface area contributed by atoms with Gasteiger partial charge in [0, 0.05) is 6.04 Å². The van der Waals surface area contributed by atoms with Crippen molar-refractivity contribution in [3.8, 4) is 0 Å². The molecule has 0 bridgehead atoms. The van der Waals surface area contributed by atoms with Gasteiger partial charge in [0.1, 0.15) is 0 Å². The maximum absolute atomic E-state index is 5.60. The first-order valence-corrected chi connectivity index (χ1v) is 5.63. The highest BCUT2D eigenvalue weighted by atomic mass is 14.9. The maximum atomic E-state index is 5.60. The van der Waals surface area contributed by atoms with Crippen molar-refractivity contribution >= 4 is 0 Å². The molecule has 0 radical (unpaired) electrons. The van der Waals surface area contributed by atoms with E-state index < -0.39 is 0 Å². The van der Waals surface area contributed by atoms with E-state index in [0.29, 0.717) is 12.0 Å². The van der Waals surface area contributed by atoms with Gasteiger partial charge in [-0.1, -0.05) is 36.8 Å². The van der Waals surface area contributed by atoms with Crippen molar-refractivity contribution in [1.29, 1.82) is 0 Å². The second-order valence-electron chi connectivity index (χ2n) is 4.23. The van der Waals surface area contributed by atoms with Gasteiger partial charge in [-0.25, -0.2) is 0 Å². The molecule has 0 aliphatic rings. The SMILES string of the molecule is CNC(c1ccc(C)cc1)C(C)CCN. The third kappa shape index (κ3) is 3.33.